The van der Waals surface area contributed by atoms with Gasteiger partial charge in [0.1, 0.15) is 0 Å². The molecule has 0 fully saturated rings. The second-order valence-electron chi connectivity index (χ2n) is 6.31. The number of benzene rings is 1. The summed E-state index contributed by atoms with van der Waals surface area (Å²) in [5.74, 6) is 0.353. The minimum absolute atomic E-state index is 0.0515. The summed E-state index contributed by atoms with van der Waals surface area (Å²) >= 11 is 2.99. The van der Waals surface area contributed by atoms with Crippen LogP contribution < -0.4 is 0 Å². The number of unbranched alkanes of at least 4 members (excludes halogenated alkanes) is 1. The van der Waals surface area contributed by atoms with Gasteiger partial charge in [-0.05, 0) is 63.4 Å². The molecule has 0 aliphatic rings. The molecule has 1 amide bonds. The maximum absolute atomic E-state index is 12.4. The summed E-state index contributed by atoms with van der Waals surface area (Å²) < 4.78 is 1.68. The molecule has 8 heteroatoms. The van der Waals surface area contributed by atoms with Crippen molar-refractivity contribution in [2.45, 2.75) is 37.9 Å². The molecule has 0 bridgehead atoms. The number of amides is 1. The highest BCUT2D eigenvalue weighted by molar-refractivity contribution is 7.99. The van der Waals surface area contributed by atoms with Gasteiger partial charge in [-0.2, -0.15) is 16.0 Å². The molecule has 0 spiro atoms. The second kappa shape index (κ2) is 9.66. The lowest BCUT2D eigenvalue weighted by Gasteiger charge is -2.16. The van der Waals surface area contributed by atoms with Crippen molar-refractivity contribution in [2.75, 3.05) is 12.8 Å². The summed E-state index contributed by atoms with van der Waals surface area (Å²) in [7, 11) is 1.82. The van der Waals surface area contributed by atoms with E-state index in [1.54, 1.807) is 20.9 Å². The van der Waals surface area contributed by atoms with Crippen LogP contribution in [0.15, 0.2) is 46.2 Å². The number of hydrogen-bond acceptors (Lipinski definition) is 6. The molecule has 0 aliphatic carbocycles. The first-order valence-corrected chi connectivity index (χ1v) is 10.9. The Morgan fingerprint density at radius 2 is 2.04 bits per heavy atom. The Bertz CT molecular complexity index is 845. The van der Waals surface area contributed by atoms with Crippen LogP contribution in [0.25, 0.3) is 5.69 Å². The number of rotatable bonds is 9. The smallest absolute Gasteiger partial charge is 0.233 e. The van der Waals surface area contributed by atoms with Crippen molar-refractivity contribution < 1.29 is 4.79 Å². The average molecular weight is 402 g/mol. The van der Waals surface area contributed by atoms with Crippen LogP contribution in [0.3, 0.4) is 0 Å². The van der Waals surface area contributed by atoms with E-state index in [0.29, 0.717) is 17.5 Å². The molecule has 2 aromatic heterocycles. The lowest BCUT2D eigenvalue weighted by molar-refractivity contribution is -0.127. The van der Waals surface area contributed by atoms with E-state index in [1.807, 2.05) is 30.6 Å². The van der Waals surface area contributed by atoms with Crippen molar-refractivity contribution in [1.82, 2.24) is 25.1 Å². The third kappa shape index (κ3) is 5.40. The summed E-state index contributed by atoms with van der Waals surface area (Å²) in [6.07, 6.45) is 3.45. The molecule has 0 N–H and O–H groups in total. The van der Waals surface area contributed by atoms with E-state index in [9.17, 15) is 4.79 Å². The lowest BCUT2D eigenvalue weighted by atomic mass is 10.1. The molecule has 0 saturated carbocycles. The predicted molar refractivity (Wildman–Crippen MR) is 109 cm³/mol. The zero-order valence-electron chi connectivity index (χ0n) is 15.5. The van der Waals surface area contributed by atoms with Crippen molar-refractivity contribution in [1.29, 1.82) is 0 Å². The Balaban J connectivity index is 1.59. The molecule has 1 aromatic carbocycles. The first kappa shape index (κ1) is 19.6. The van der Waals surface area contributed by atoms with Crippen LogP contribution in [-0.2, 0) is 17.8 Å². The molecule has 27 heavy (non-hydrogen) atoms. The number of aryl methyl sites for hydroxylation is 1. The number of aromatic nitrogens is 4. The van der Waals surface area contributed by atoms with Crippen molar-refractivity contribution in [3.8, 4) is 5.69 Å². The summed E-state index contributed by atoms with van der Waals surface area (Å²) in [5.41, 5.74) is 3.36. The van der Waals surface area contributed by atoms with Gasteiger partial charge in [0.25, 0.3) is 0 Å². The minimum Gasteiger partial charge on any atom is -0.341 e. The SMILES string of the molecule is CCCCc1ccc(-n2nnnc2SCC(=O)N(C)Cc2ccsc2)cc1. The molecule has 6 nitrogen and oxygen atoms in total. The molecule has 0 radical (unpaired) electrons. The highest BCUT2D eigenvalue weighted by Crippen LogP contribution is 2.20. The van der Waals surface area contributed by atoms with Crippen LogP contribution in [0.5, 0.6) is 0 Å². The predicted octanol–water partition coefficient (Wildman–Crippen LogP) is 3.82. The fraction of sp³-hybridized carbons (Fsp3) is 0.368. The maximum Gasteiger partial charge on any atom is 0.233 e. The molecule has 0 atom stereocenters. The first-order chi connectivity index (χ1) is 13.2. The van der Waals surface area contributed by atoms with Gasteiger partial charge < -0.3 is 4.90 Å². The molecular formula is C19H23N5OS2. The molecular weight excluding hydrogens is 378 g/mol. The van der Waals surface area contributed by atoms with Crippen LogP contribution in [0.4, 0.5) is 0 Å². The zero-order valence-corrected chi connectivity index (χ0v) is 17.2. The number of carbonyl (C=O) groups is 1. The average Bonchev–Trinajstić information content (AvgIpc) is 3.36. The number of carbonyl (C=O) groups excluding carboxylic acids is 1. The summed E-state index contributed by atoms with van der Waals surface area (Å²) in [6, 6.07) is 10.3. The summed E-state index contributed by atoms with van der Waals surface area (Å²) in [6.45, 7) is 2.81. The standard InChI is InChI=1S/C19H23N5OS2/c1-3-4-5-15-6-8-17(9-7-15)24-19(20-21-22-24)27-14-18(25)23(2)12-16-10-11-26-13-16/h6-11,13H,3-5,12,14H2,1-2H3. The first-order valence-electron chi connectivity index (χ1n) is 8.93. The fourth-order valence-electron chi connectivity index (χ4n) is 2.60. The second-order valence-corrected chi connectivity index (χ2v) is 8.04. The Morgan fingerprint density at radius 3 is 2.74 bits per heavy atom. The van der Waals surface area contributed by atoms with E-state index in [4.69, 9.17) is 0 Å². The molecule has 142 valence electrons. The van der Waals surface area contributed by atoms with Crippen LogP contribution in [0.1, 0.15) is 30.9 Å². The topological polar surface area (TPSA) is 63.9 Å². The highest BCUT2D eigenvalue weighted by Gasteiger charge is 2.14. The van der Waals surface area contributed by atoms with Crippen molar-refractivity contribution in [3.63, 3.8) is 0 Å². The number of hydrogen-bond donors (Lipinski definition) is 0. The highest BCUT2D eigenvalue weighted by atomic mass is 32.2. The van der Waals surface area contributed by atoms with Crippen LogP contribution in [-0.4, -0.2) is 43.8 Å². The van der Waals surface area contributed by atoms with Crippen molar-refractivity contribution in [2.24, 2.45) is 0 Å². The molecule has 0 saturated heterocycles. The summed E-state index contributed by atoms with van der Waals surface area (Å²) in [5, 5.41) is 16.6. The van der Waals surface area contributed by atoms with E-state index < -0.39 is 0 Å². The van der Waals surface area contributed by atoms with Gasteiger partial charge in [-0.15, -0.1) is 5.10 Å². The van der Waals surface area contributed by atoms with E-state index in [0.717, 1.165) is 17.7 Å². The maximum atomic E-state index is 12.4. The summed E-state index contributed by atoms with van der Waals surface area (Å²) in [4.78, 5) is 14.1. The van der Waals surface area contributed by atoms with Crippen LogP contribution >= 0.6 is 23.1 Å². The fourth-order valence-corrected chi connectivity index (χ4v) is 4.09. The number of tetrazole rings is 1. The van der Waals surface area contributed by atoms with Crippen molar-refractivity contribution in [3.05, 3.63) is 52.2 Å². The lowest BCUT2D eigenvalue weighted by Crippen LogP contribution is -2.27. The van der Waals surface area contributed by atoms with Gasteiger partial charge in [-0.3, -0.25) is 4.79 Å². The third-order valence-corrected chi connectivity index (χ3v) is 5.83. The van der Waals surface area contributed by atoms with E-state index in [1.165, 1.54) is 30.2 Å². The van der Waals surface area contributed by atoms with Gasteiger partial charge >= 0.3 is 0 Å². The quantitative estimate of drug-likeness (QED) is 0.510. The van der Waals surface area contributed by atoms with Gasteiger partial charge in [-0.25, -0.2) is 0 Å². The van der Waals surface area contributed by atoms with Crippen molar-refractivity contribution >= 4 is 29.0 Å². The Labute approximate surface area is 167 Å². The van der Waals surface area contributed by atoms with E-state index >= 15 is 0 Å². The largest absolute Gasteiger partial charge is 0.341 e. The minimum atomic E-state index is 0.0515. The number of thiophene rings is 1. The van der Waals surface area contributed by atoms with Gasteiger partial charge in [0, 0.05) is 13.6 Å². The molecule has 0 aliphatic heterocycles. The Morgan fingerprint density at radius 1 is 1.22 bits per heavy atom. The molecule has 3 aromatic rings. The Hall–Kier alpha value is -2.19. The normalized spacial score (nSPS) is 10.9. The van der Waals surface area contributed by atoms with Gasteiger partial charge in [0.05, 0.1) is 11.4 Å². The van der Waals surface area contributed by atoms with E-state index in [-0.39, 0.29) is 5.91 Å². The molecule has 2 heterocycles. The monoisotopic (exact) mass is 401 g/mol. The zero-order chi connectivity index (χ0) is 19.1. The molecule has 0 unspecified atom stereocenters. The van der Waals surface area contributed by atoms with Crippen LogP contribution in [0, 0.1) is 0 Å². The van der Waals surface area contributed by atoms with Gasteiger partial charge in [0.15, 0.2) is 0 Å². The van der Waals surface area contributed by atoms with Gasteiger partial charge in [0.2, 0.25) is 11.1 Å². The number of thioether (sulfide) groups is 1. The van der Waals surface area contributed by atoms with Crippen LogP contribution in [0.2, 0.25) is 0 Å². The van der Waals surface area contributed by atoms with Gasteiger partial charge in [-0.1, -0.05) is 37.2 Å². The van der Waals surface area contributed by atoms with E-state index in [2.05, 4.69) is 40.0 Å². The number of nitrogens with zero attached hydrogens (tertiary/aromatic N) is 5. The molecule has 3 rings (SSSR count). The Kier molecular flexibility index (Phi) is 7.00. The third-order valence-electron chi connectivity index (χ3n) is 4.19.